The molecule has 0 spiro atoms. The number of fused-ring (bicyclic) bond motifs is 3. The first-order valence-electron chi connectivity index (χ1n) is 10.6. The number of nitrogens with zero attached hydrogens (tertiary/aromatic N) is 2. The molecule has 3 amide bonds. The Kier molecular flexibility index (Phi) is 5.26. The number of carbonyl (C=O) groups is 4. The van der Waals surface area contributed by atoms with Gasteiger partial charge in [-0.25, -0.2) is 4.79 Å². The molecule has 1 aromatic carbocycles. The highest BCUT2D eigenvalue weighted by Gasteiger charge is 2.64. The number of benzene rings is 1. The molecule has 2 aliphatic heterocycles. The third-order valence-corrected chi connectivity index (χ3v) is 6.00. The molecule has 30 heavy (non-hydrogen) atoms. The summed E-state index contributed by atoms with van der Waals surface area (Å²) in [4.78, 5) is 54.7. The van der Waals surface area contributed by atoms with Crippen LogP contribution in [0.5, 0.6) is 0 Å². The molecule has 1 N–H and O–H groups in total. The van der Waals surface area contributed by atoms with Crippen molar-refractivity contribution in [2.24, 2.45) is 0 Å². The maximum Gasteiger partial charge on any atom is 0.354 e. The number of ether oxygens (including phenoxy) is 1. The maximum absolute atomic E-state index is 13.4. The highest BCUT2D eigenvalue weighted by atomic mass is 16.5. The summed E-state index contributed by atoms with van der Waals surface area (Å²) in [7, 11) is 0. The fourth-order valence-electron chi connectivity index (χ4n) is 4.58. The number of amides is 3. The van der Waals surface area contributed by atoms with Gasteiger partial charge in [0.15, 0.2) is 6.61 Å². The molecule has 0 bridgehead atoms. The molecule has 8 heteroatoms. The van der Waals surface area contributed by atoms with Crippen LogP contribution in [0.4, 0.5) is 5.69 Å². The van der Waals surface area contributed by atoms with Crippen molar-refractivity contribution >= 4 is 29.4 Å². The summed E-state index contributed by atoms with van der Waals surface area (Å²) < 4.78 is 5.41. The van der Waals surface area contributed by atoms with Crippen LogP contribution in [-0.4, -0.2) is 52.9 Å². The number of nitrogens with one attached hydrogen (secondary N) is 1. The van der Waals surface area contributed by atoms with Crippen LogP contribution in [0.15, 0.2) is 24.3 Å². The minimum absolute atomic E-state index is 0.0185. The van der Waals surface area contributed by atoms with Crippen molar-refractivity contribution in [1.29, 1.82) is 0 Å². The van der Waals surface area contributed by atoms with Crippen molar-refractivity contribution < 1.29 is 23.9 Å². The Balaban J connectivity index is 1.62. The number of anilines is 1. The largest absolute Gasteiger partial charge is 0.452 e. The van der Waals surface area contributed by atoms with Crippen LogP contribution in [0.25, 0.3) is 0 Å². The topological polar surface area (TPSA) is 96.0 Å². The van der Waals surface area contributed by atoms with E-state index in [1.54, 1.807) is 24.3 Å². The van der Waals surface area contributed by atoms with Crippen LogP contribution in [-0.2, 0) is 19.1 Å². The summed E-state index contributed by atoms with van der Waals surface area (Å²) in [5, 5.41) is 2.80. The lowest BCUT2D eigenvalue weighted by molar-refractivity contribution is -0.160. The van der Waals surface area contributed by atoms with Crippen LogP contribution in [0.3, 0.4) is 0 Å². The molecular formula is C22H27N3O5. The van der Waals surface area contributed by atoms with Crippen LogP contribution in [0.2, 0.25) is 0 Å². The van der Waals surface area contributed by atoms with Gasteiger partial charge in [0.05, 0.1) is 11.3 Å². The highest BCUT2D eigenvalue weighted by Crippen LogP contribution is 2.49. The number of rotatable bonds is 7. The molecule has 0 unspecified atom stereocenters. The molecule has 1 saturated carbocycles. The molecule has 2 atom stereocenters. The van der Waals surface area contributed by atoms with Crippen LogP contribution in [0, 0.1) is 0 Å². The van der Waals surface area contributed by atoms with Gasteiger partial charge < -0.3 is 15.0 Å². The van der Waals surface area contributed by atoms with Gasteiger partial charge in [-0.2, -0.15) is 0 Å². The molecule has 0 radical (unpaired) electrons. The number of carbonyl (C=O) groups excluding carboxylic acids is 4. The SMILES string of the molecule is CCC[C@H](C)NC(=O)COC(=O)[C@@]12CCC(=O)N1c1ccccc1C(=O)N2C1CC1. The molecule has 1 saturated heterocycles. The first kappa shape index (κ1) is 20.4. The summed E-state index contributed by atoms with van der Waals surface area (Å²) in [6, 6.07) is 6.72. The zero-order valence-corrected chi connectivity index (χ0v) is 17.3. The second kappa shape index (κ2) is 7.74. The summed E-state index contributed by atoms with van der Waals surface area (Å²) in [6.07, 6.45) is 3.61. The Labute approximate surface area is 175 Å². The average molecular weight is 413 g/mol. The molecule has 160 valence electrons. The first-order chi connectivity index (χ1) is 14.4. The first-order valence-corrected chi connectivity index (χ1v) is 10.6. The van der Waals surface area contributed by atoms with Crippen LogP contribution < -0.4 is 10.2 Å². The third-order valence-electron chi connectivity index (χ3n) is 6.00. The Bertz CT molecular complexity index is 897. The van der Waals surface area contributed by atoms with Crippen molar-refractivity contribution in [3.63, 3.8) is 0 Å². The number of esters is 1. The molecule has 2 fully saturated rings. The van der Waals surface area contributed by atoms with E-state index in [-0.39, 0.29) is 36.7 Å². The standard InChI is InChI=1S/C22H27N3O5/c1-3-6-14(2)23-18(26)13-30-21(29)22-12-11-19(27)25(22)17-8-5-4-7-16(17)20(28)24(22)15-9-10-15/h4-5,7-8,14-15H,3,6,9-13H2,1-2H3,(H,23,26)/t14-,22+/m0/s1. The summed E-state index contributed by atoms with van der Waals surface area (Å²) in [5.41, 5.74) is -0.673. The fraction of sp³-hybridized carbons (Fsp3) is 0.545. The molecule has 3 aliphatic rings. The van der Waals surface area contributed by atoms with E-state index in [4.69, 9.17) is 4.74 Å². The van der Waals surface area contributed by atoms with Crippen molar-refractivity contribution in [1.82, 2.24) is 10.2 Å². The van der Waals surface area contributed by atoms with Crippen LogP contribution >= 0.6 is 0 Å². The molecule has 8 nitrogen and oxygen atoms in total. The van der Waals surface area contributed by atoms with E-state index in [0.29, 0.717) is 11.3 Å². The number of hydrogen-bond donors (Lipinski definition) is 1. The molecule has 1 aliphatic carbocycles. The summed E-state index contributed by atoms with van der Waals surface area (Å²) in [6.45, 7) is 3.48. The van der Waals surface area contributed by atoms with Crippen LogP contribution in [0.1, 0.15) is 62.7 Å². The zero-order chi connectivity index (χ0) is 21.5. The monoisotopic (exact) mass is 413 g/mol. The normalized spacial score (nSPS) is 23.7. The van der Waals surface area contributed by atoms with Crippen molar-refractivity contribution in [3.8, 4) is 0 Å². The van der Waals surface area contributed by atoms with E-state index in [9.17, 15) is 19.2 Å². The van der Waals surface area contributed by atoms with E-state index in [2.05, 4.69) is 5.32 Å². The maximum atomic E-state index is 13.4. The van der Waals surface area contributed by atoms with E-state index in [1.165, 1.54) is 9.80 Å². The number of para-hydroxylation sites is 1. The van der Waals surface area contributed by atoms with Crippen molar-refractivity contribution in [3.05, 3.63) is 29.8 Å². The van der Waals surface area contributed by atoms with Gasteiger partial charge in [-0.1, -0.05) is 25.5 Å². The quantitative estimate of drug-likeness (QED) is 0.690. The Morgan fingerprint density at radius 3 is 2.70 bits per heavy atom. The van der Waals surface area contributed by atoms with Gasteiger partial charge in [0.1, 0.15) is 0 Å². The Morgan fingerprint density at radius 1 is 1.27 bits per heavy atom. The van der Waals surface area contributed by atoms with Gasteiger partial charge in [0, 0.05) is 24.9 Å². The fourth-order valence-corrected chi connectivity index (χ4v) is 4.58. The molecule has 1 aromatic rings. The van der Waals surface area contributed by atoms with Gasteiger partial charge in [0.2, 0.25) is 11.6 Å². The second-order valence-corrected chi connectivity index (χ2v) is 8.30. The molecule has 4 rings (SSSR count). The van der Waals surface area contributed by atoms with E-state index >= 15 is 0 Å². The zero-order valence-electron chi connectivity index (χ0n) is 17.3. The molecular weight excluding hydrogens is 386 g/mol. The van der Waals surface area contributed by atoms with Gasteiger partial charge in [-0.05, 0) is 38.3 Å². The predicted octanol–water partition coefficient (Wildman–Crippen LogP) is 1.98. The minimum atomic E-state index is -1.51. The highest BCUT2D eigenvalue weighted by molar-refractivity contribution is 6.15. The Hall–Kier alpha value is -2.90. The number of hydrogen-bond acceptors (Lipinski definition) is 5. The minimum Gasteiger partial charge on any atom is -0.452 e. The summed E-state index contributed by atoms with van der Waals surface area (Å²) in [5.74, 6) is -1.60. The lowest BCUT2D eigenvalue weighted by Gasteiger charge is -2.48. The van der Waals surface area contributed by atoms with E-state index < -0.39 is 24.1 Å². The van der Waals surface area contributed by atoms with Crippen molar-refractivity contribution in [2.75, 3.05) is 11.5 Å². The molecule has 0 aromatic heterocycles. The lowest BCUT2D eigenvalue weighted by Crippen LogP contribution is -2.69. The van der Waals surface area contributed by atoms with Gasteiger partial charge in [-0.3, -0.25) is 19.3 Å². The van der Waals surface area contributed by atoms with E-state index in [1.807, 2.05) is 13.8 Å². The lowest BCUT2D eigenvalue weighted by atomic mass is 9.96. The Morgan fingerprint density at radius 2 is 2.00 bits per heavy atom. The third kappa shape index (κ3) is 3.24. The summed E-state index contributed by atoms with van der Waals surface area (Å²) >= 11 is 0. The second-order valence-electron chi connectivity index (χ2n) is 8.30. The van der Waals surface area contributed by atoms with Gasteiger partial charge in [-0.15, -0.1) is 0 Å². The van der Waals surface area contributed by atoms with Crippen molar-refractivity contribution in [2.45, 2.75) is 70.1 Å². The van der Waals surface area contributed by atoms with Gasteiger partial charge >= 0.3 is 5.97 Å². The predicted molar refractivity (Wildman–Crippen MR) is 109 cm³/mol. The smallest absolute Gasteiger partial charge is 0.354 e. The van der Waals surface area contributed by atoms with Gasteiger partial charge in [0.25, 0.3) is 11.8 Å². The van der Waals surface area contributed by atoms with E-state index in [0.717, 1.165) is 25.7 Å². The molecule has 2 heterocycles. The average Bonchev–Trinajstić information content (AvgIpc) is 3.49.